The van der Waals surface area contributed by atoms with Gasteiger partial charge in [-0.05, 0) is 104 Å². The maximum absolute atomic E-state index is 13.0. The molecule has 42 heavy (non-hydrogen) atoms. The second-order valence-electron chi connectivity index (χ2n) is 12.5. The van der Waals surface area contributed by atoms with Crippen LogP contribution in [0.4, 0.5) is 0 Å². The summed E-state index contributed by atoms with van der Waals surface area (Å²) in [7, 11) is 0. The van der Waals surface area contributed by atoms with Crippen molar-refractivity contribution in [1.82, 2.24) is 14.9 Å². The number of hydrogen-bond acceptors (Lipinski definition) is 7. The van der Waals surface area contributed by atoms with Gasteiger partial charge in [-0.25, -0.2) is 4.52 Å². The summed E-state index contributed by atoms with van der Waals surface area (Å²) in [6, 6.07) is 17.3. The van der Waals surface area contributed by atoms with Gasteiger partial charge in [0, 0.05) is 6.04 Å². The largest absolute Gasteiger partial charge is 0.490 e. The molecule has 2 saturated carbocycles. The third kappa shape index (κ3) is 5.99. The van der Waals surface area contributed by atoms with Crippen molar-refractivity contribution in [3.63, 3.8) is 0 Å². The summed E-state index contributed by atoms with van der Waals surface area (Å²) in [6.45, 7) is 3.37. The molecule has 9 heteroatoms. The summed E-state index contributed by atoms with van der Waals surface area (Å²) < 4.78 is 13.5. The average Bonchev–Trinajstić information content (AvgIpc) is 3.37. The minimum absolute atomic E-state index is 0.0706. The van der Waals surface area contributed by atoms with Crippen molar-refractivity contribution in [2.75, 3.05) is 6.61 Å². The van der Waals surface area contributed by atoms with E-state index in [1.165, 1.54) is 0 Å². The molecular weight excluding hydrogens is 534 g/mol. The lowest BCUT2D eigenvalue weighted by molar-refractivity contribution is -0.0833. The van der Waals surface area contributed by atoms with Crippen LogP contribution in [0.1, 0.15) is 61.0 Å². The molecule has 0 radical (unpaired) electrons. The number of fused-ring (bicyclic) bond motifs is 1. The highest BCUT2D eigenvalue weighted by molar-refractivity contribution is 6.00. The molecule has 0 aliphatic heterocycles. The molecule has 2 aliphatic carbocycles. The molecule has 0 unspecified atom stereocenters. The predicted molar refractivity (Wildman–Crippen MR) is 157 cm³/mol. The van der Waals surface area contributed by atoms with E-state index >= 15 is 0 Å². The van der Waals surface area contributed by atoms with E-state index in [9.17, 15) is 20.1 Å². The Labute approximate surface area is 244 Å². The van der Waals surface area contributed by atoms with Gasteiger partial charge in [0.05, 0.1) is 48.4 Å². The highest BCUT2D eigenvalue weighted by Gasteiger charge is 2.54. The number of aliphatic hydroxyl groups excluding tert-OH is 2. The van der Waals surface area contributed by atoms with E-state index in [2.05, 4.69) is 10.4 Å². The zero-order chi connectivity index (χ0) is 29.5. The van der Waals surface area contributed by atoms with Gasteiger partial charge in [0.15, 0.2) is 0 Å². The quantitative estimate of drug-likeness (QED) is 0.224. The second kappa shape index (κ2) is 11.1. The maximum Gasteiger partial charge on any atom is 0.255 e. The van der Waals surface area contributed by atoms with Crippen LogP contribution in [0.5, 0.6) is 11.5 Å². The van der Waals surface area contributed by atoms with Gasteiger partial charge in [0.2, 0.25) is 0 Å². The number of carbonyl (C=O) groups excluding carboxylic acids is 1. The Morgan fingerprint density at radius 2 is 1.64 bits per heavy atom. The van der Waals surface area contributed by atoms with Crippen molar-refractivity contribution < 1.29 is 29.6 Å². The predicted octanol–water partition coefficient (Wildman–Crippen LogP) is 4.26. The molecule has 1 spiro atoms. The van der Waals surface area contributed by atoms with Crippen molar-refractivity contribution in [2.24, 2.45) is 5.41 Å². The summed E-state index contributed by atoms with van der Waals surface area (Å²) in [5.41, 5.74) is 4.02. The van der Waals surface area contributed by atoms with Crippen LogP contribution >= 0.6 is 0 Å². The first-order valence-electron chi connectivity index (χ1n) is 14.4. The molecule has 2 heterocycles. The van der Waals surface area contributed by atoms with Crippen molar-refractivity contribution in [1.29, 1.82) is 0 Å². The number of rotatable bonds is 10. The Morgan fingerprint density at radius 3 is 2.29 bits per heavy atom. The van der Waals surface area contributed by atoms with Crippen LogP contribution in [0, 0.1) is 5.41 Å². The average molecular weight is 572 g/mol. The van der Waals surface area contributed by atoms with Crippen molar-refractivity contribution in [2.45, 2.75) is 70.5 Å². The lowest BCUT2D eigenvalue weighted by Gasteiger charge is -2.57. The lowest BCUT2D eigenvalue weighted by Crippen LogP contribution is -2.58. The van der Waals surface area contributed by atoms with Crippen LogP contribution in [0.25, 0.3) is 16.6 Å². The zero-order valence-electron chi connectivity index (χ0n) is 23.9. The minimum atomic E-state index is -0.940. The summed E-state index contributed by atoms with van der Waals surface area (Å²) in [5.74, 6) is 1.27. The molecule has 2 aromatic carbocycles. The number of carbonyl (C=O) groups is 1. The SMILES string of the molecule is CC(C)(O)COc1ccc2c(C(=O)NC3CC4(C3)CC(Oc3ccc(-c5cc(CO)cc(CO)c5)cc3)C4)cnn2c1. The number of amides is 1. The summed E-state index contributed by atoms with van der Waals surface area (Å²) >= 11 is 0. The van der Waals surface area contributed by atoms with Crippen LogP contribution in [-0.2, 0) is 13.2 Å². The van der Waals surface area contributed by atoms with Gasteiger partial charge in [-0.15, -0.1) is 0 Å². The number of nitrogens with one attached hydrogen (secondary N) is 1. The number of nitrogens with zero attached hydrogens (tertiary/aromatic N) is 2. The molecule has 6 rings (SSSR count). The number of ether oxygens (including phenoxy) is 2. The maximum atomic E-state index is 13.0. The Hall–Kier alpha value is -3.92. The van der Waals surface area contributed by atoms with Gasteiger partial charge in [0.1, 0.15) is 18.1 Å². The van der Waals surface area contributed by atoms with E-state index in [0.717, 1.165) is 53.7 Å². The molecule has 2 fully saturated rings. The van der Waals surface area contributed by atoms with Gasteiger partial charge < -0.3 is 30.1 Å². The Bertz CT molecular complexity index is 1550. The van der Waals surface area contributed by atoms with Crippen molar-refractivity contribution >= 4 is 11.4 Å². The molecule has 2 aliphatic rings. The van der Waals surface area contributed by atoms with E-state index < -0.39 is 5.60 Å². The second-order valence-corrected chi connectivity index (χ2v) is 12.5. The molecule has 0 saturated heterocycles. The summed E-state index contributed by atoms with van der Waals surface area (Å²) in [4.78, 5) is 13.0. The monoisotopic (exact) mass is 571 g/mol. The topological polar surface area (TPSA) is 126 Å². The van der Waals surface area contributed by atoms with Crippen LogP contribution in [0.15, 0.2) is 67.0 Å². The first-order chi connectivity index (χ1) is 20.1. The number of hydrogen-bond donors (Lipinski definition) is 4. The highest BCUT2D eigenvalue weighted by atomic mass is 16.5. The fourth-order valence-corrected chi connectivity index (χ4v) is 6.19. The van der Waals surface area contributed by atoms with E-state index in [-0.39, 0.29) is 43.3 Å². The fraction of sp³-hybridized carbons (Fsp3) is 0.394. The lowest BCUT2D eigenvalue weighted by atomic mass is 9.53. The summed E-state index contributed by atoms with van der Waals surface area (Å²) in [6.07, 6.45) is 7.29. The third-order valence-corrected chi connectivity index (χ3v) is 8.25. The third-order valence-electron chi connectivity index (χ3n) is 8.25. The highest BCUT2D eigenvalue weighted by Crippen LogP contribution is 2.56. The first kappa shape index (κ1) is 28.2. The van der Waals surface area contributed by atoms with Gasteiger partial charge >= 0.3 is 0 Å². The van der Waals surface area contributed by atoms with Gasteiger partial charge in [-0.2, -0.15) is 5.10 Å². The number of benzene rings is 2. The molecule has 0 atom stereocenters. The van der Waals surface area contributed by atoms with E-state index in [1.54, 1.807) is 42.9 Å². The minimum Gasteiger partial charge on any atom is -0.490 e. The van der Waals surface area contributed by atoms with Crippen LogP contribution in [0.3, 0.4) is 0 Å². The van der Waals surface area contributed by atoms with E-state index in [1.807, 2.05) is 42.5 Å². The molecular formula is C33H37N3O6. The summed E-state index contributed by atoms with van der Waals surface area (Å²) in [5, 5.41) is 36.4. The Kier molecular flexibility index (Phi) is 7.43. The molecule has 9 nitrogen and oxygen atoms in total. The standard InChI is InChI=1S/C33H37N3O6/c1-32(2,40)20-41-27-7-8-30-29(16-34-36(30)17-27)31(39)35-25-12-33(13-25)14-28(15-33)42-26-5-3-23(4-6-26)24-10-21(18-37)9-22(11-24)19-38/h3-11,16-17,25,28,37-38,40H,12-15,18-20H2,1-2H3,(H,35,39). The molecule has 2 aromatic heterocycles. The molecule has 4 aromatic rings. The van der Waals surface area contributed by atoms with Crippen LogP contribution in [-0.4, -0.2) is 55.2 Å². The van der Waals surface area contributed by atoms with Crippen molar-refractivity contribution in [3.05, 3.63) is 83.7 Å². The molecule has 0 bridgehead atoms. The Morgan fingerprint density at radius 1 is 0.976 bits per heavy atom. The molecule has 220 valence electrons. The number of aromatic nitrogens is 2. The normalized spacial score (nSPS) is 21.5. The van der Waals surface area contributed by atoms with Crippen LogP contribution < -0.4 is 14.8 Å². The van der Waals surface area contributed by atoms with Crippen LogP contribution in [0.2, 0.25) is 0 Å². The first-order valence-corrected chi connectivity index (χ1v) is 14.4. The van der Waals surface area contributed by atoms with Gasteiger partial charge in [0.25, 0.3) is 5.91 Å². The number of pyridine rings is 1. The van der Waals surface area contributed by atoms with Crippen molar-refractivity contribution in [3.8, 4) is 22.6 Å². The molecule has 1 amide bonds. The van der Waals surface area contributed by atoms with E-state index in [4.69, 9.17) is 9.47 Å². The smallest absolute Gasteiger partial charge is 0.255 e. The van der Waals surface area contributed by atoms with Gasteiger partial charge in [-0.1, -0.05) is 18.2 Å². The fourth-order valence-electron chi connectivity index (χ4n) is 6.19. The molecule has 4 N–H and O–H groups in total. The van der Waals surface area contributed by atoms with Gasteiger partial charge in [-0.3, -0.25) is 4.79 Å². The van der Waals surface area contributed by atoms with E-state index in [0.29, 0.717) is 16.8 Å². The Balaban J connectivity index is 0.981. The number of aliphatic hydroxyl groups is 3. The zero-order valence-corrected chi connectivity index (χ0v) is 23.9.